The molecule has 0 aromatic carbocycles. The molecule has 0 heterocycles. The van der Waals surface area contributed by atoms with Crippen LogP contribution in [0.1, 0.15) is 232 Å². The van der Waals surface area contributed by atoms with E-state index in [1.54, 1.807) is 0 Å². The molecular weight excluding hydrogens is 651 g/mol. The second kappa shape index (κ2) is 46.3. The van der Waals surface area contributed by atoms with E-state index in [0.29, 0.717) is 12.8 Å². The van der Waals surface area contributed by atoms with Crippen LogP contribution in [0.15, 0.2) is 24.3 Å². The minimum atomic E-state index is -1.26. The van der Waals surface area contributed by atoms with Crippen LogP contribution in [-0.4, -0.2) is 40.9 Å². The standard InChI is InChI=1S/2C22H40O3.Al/c2*1-2-3-4-5-6-7-8-9-10-11-12-13-14-15-16-17-18-19-21(23)20-22(24)25;/h2*9-10H,2-8,11-20H2,1H3,(H,24,25);/q;;+2/p-2/b2*10-9-;. The van der Waals surface area contributed by atoms with E-state index in [-0.39, 0.29) is 28.9 Å². The first kappa shape index (κ1) is 53.6. The molecule has 6 nitrogen and oxygen atoms in total. The monoisotopic (exact) mass is 730 g/mol. The van der Waals surface area contributed by atoms with Gasteiger partial charge in [0.25, 0.3) is 0 Å². The van der Waals surface area contributed by atoms with Crippen molar-refractivity contribution >= 4 is 40.9 Å². The van der Waals surface area contributed by atoms with Crippen LogP contribution in [0, 0.1) is 0 Å². The fourth-order valence-corrected chi connectivity index (χ4v) is 5.99. The SMILES string of the molecule is CCCCCCCC/C=C\CCCCCCCCCC(=O)CC(=O)[O-].CCCCCCCC/C=C\CCCCCCCCCC(=O)CC(=O)[O-].[Al+2]. The van der Waals surface area contributed by atoms with E-state index in [9.17, 15) is 29.4 Å². The Morgan fingerprint density at radius 1 is 0.353 bits per heavy atom. The van der Waals surface area contributed by atoms with Gasteiger partial charge in [0.05, 0.1) is 0 Å². The molecule has 0 aromatic heterocycles. The van der Waals surface area contributed by atoms with E-state index in [4.69, 9.17) is 0 Å². The molecule has 0 aliphatic carbocycles. The van der Waals surface area contributed by atoms with Crippen LogP contribution < -0.4 is 10.2 Å². The molecule has 0 rings (SSSR count). The van der Waals surface area contributed by atoms with Crippen molar-refractivity contribution in [3.05, 3.63) is 24.3 Å². The van der Waals surface area contributed by atoms with E-state index >= 15 is 0 Å². The molecule has 7 heteroatoms. The van der Waals surface area contributed by atoms with E-state index in [1.807, 2.05) is 0 Å². The van der Waals surface area contributed by atoms with Gasteiger partial charge in [-0.15, -0.1) is 0 Å². The molecular formula is C44H78AlO6. The van der Waals surface area contributed by atoms with Crippen molar-refractivity contribution in [2.75, 3.05) is 0 Å². The number of Topliss-reactive ketones (excluding diaryl/α,β-unsaturated/α-hetero) is 2. The van der Waals surface area contributed by atoms with Crippen molar-refractivity contribution in [3.63, 3.8) is 0 Å². The molecule has 0 aliphatic heterocycles. The van der Waals surface area contributed by atoms with Gasteiger partial charge in [-0.1, -0.05) is 167 Å². The molecule has 51 heavy (non-hydrogen) atoms. The average molecular weight is 730 g/mol. The molecule has 0 amide bonds. The van der Waals surface area contributed by atoms with Gasteiger partial charge >= 0.3 is 17.4 Å². The third kappa shape index (κ3) is 52.8. The predicted octanol–water partition coefficient (Wildman–Crippen LogP) is 10.6. The zero-order chi connectivity index (χ0) is 37.2. The molecule has 0 atom stereocenters. The van der Waals surface area contributed by atoms with Crippen LogP contribution in [0.4, 0.5) is 0 Å². The summed E-state index contributed by atoms with van der Waals surface area (Å²) in [7, 11) is 0. The quantitative estimate of drug-likeness (QED) is 0.0270. The van der Waals surface area contributed by atoms with Gasteiger partial charge in [0.1, 0.15) is 11.6 Å². The molecule has 0 N–H and O–H groups in total. The van der Waals surface area contributed by atoms with Crippen LogP contribution in [0.3, 0.4) is 0 Å². The Morgan fingerprint density at radius 3 is 0.804 bits per heavy atom. The zero-order valence-corrected chi connectivity index (χ0v) is 34.5. The second-order valence-corrected chi connectivity index (χ2v) is 14.3. The zero-order valence-electron chi connectivity index (χ0n) is 33.4. The fourth-order valence-electron chi connectivity index (χ4n) is 5.99. The summed E-state index contributed by atoms with van der Waals surface area (Å²) in [6, 6.07) is 0. The molecule has 0 spiro atoms. The van der Waals surface area contributed by atoms with Crippen LogP contribution in [-0.2, 0) is 19.2 Å². The number of hydrogen-bond donors (Lipinski definition) is 0. The summed E-state index contributed by atoms with van der Waals surface area (Å²) in [4.78, 5) is 42.9. The molecule has 0 aromatic rings. The van der Waals surface area contributed by atoms with Gasteiger partial charge in [0, 0.05) is 37.6 Å². The Morgan fingerprint density at radius 2 is 0.569 bits per heavy atom. The number of unbranched alkanes of at least 4 members (excludes halogenated alkanes) is 26. The molecule has 293 valence electrons. The molecule has 0 bridgehead atoms. The van der Waals surface area contributed by atoms with Crippen molar-refractivity contribution in [1.29, 1.82) is 0 Å². The first-order valence-corrected chi connectivity index (χ1v) is 21.1. The molecule has 1 radical (unpaired) electrons. The van der Waals surface area contributed by atoms with Crippen molar-refractivity contribution < 1.29 is 29.4 Å². The number of allylic oxidation sites excluding steroid dienone is 4. The van der Waals surface area contributed by atoms with Gasteiger partial charge in [-0.05, 0) is 64.2 Å². The number of aliphatic carboxylic acids is 2. The molecule has 0 saturated heterocycles. The third-order valence-corrected chi connectivity index (χ3v) is 9.12. The summed E-state index contributed by atoms with van der Waals surface area (Å²) < 4.78 is 0. The minimum absolute atomic E-state index is 0. The molecule has 0 saturated carbocycles. The summed E-state index contributed by atoms with van der Waals surface area (Å²) in [5, 5.41) is 20.5. The minimum Gasteiger partial charge on any atom is -0.550 e. The van der Waals surface area contributed by atoms with Crippen LogP contribution >= 0.6 is 0 Å². The van der Waals surface area contributed by atoms with Crippen LogP contribution in [0.25, 0.3) is 0 Å². The van der Waals surface area contributed by atoms with Gasteiger partial charge in [0.15, 0.2) is 0 Å². The normalized spacial score (nSPS) is 11.0. The molecule has 0 fully saturated rings. The number of carbonyl (C=O) groups excluding carboxylic acids is 4. The maximum Gasteiger partial charge on any atom is 2.00 e. The Balaban J connectivity index is -0.000000886. The molecule has 0 aliphatic rings. The smallest absolute Gasteiger partial charge is 0.550 e. The van der Waals surface area contributed by atoms with E-state index in [2.05, 4.69) is 38.2 Å². The first-order chi connectivity index (χ1) is 24.3. The summed E-state index contributed by atoms with van der Waals surface area (Å²) >= 11 is 0. The van der Waals surface area contributed by atoms with Gasteiger partial charge in [-0.3, -0.25) is 9.59 Å². The third-order valence-electron chi connectivity index (χ3n) is 9.12. The van der Waals surface area contributed by atoms with Gasteiger partial charge in [-0.25, -0.2) is 0 Å². The van der Waals surface area contributed by atoms with Crippen molar-refractivity contribution in [2.24, 2.45) is 0 Å². The topological polar surface area (TPSA) is 114 Å². The summed E-state index contributed by atoms with van der Waals surface area (Å²) in [5.74, 6) is -2.92. The van der Waals surface area contributed by atoms with E-state index < -0.39 is 24.8 Å². The van der Waals surface area contributed by atoms with E-state index in [1.165, 1.54) is 154 Å². The van der Waals surface area contributed by atoms with E-state index in [0.717, 1.165) is 38.5 Å². The Kier molecular flexibility index (Phi) is 48.7. The largest absolute Gasteiger partial charge is 2.00 e. The maximum atomic E-state index is 11.2. The number of carbonyl (C=O) groups is 4. The number of ketones is 2. The number of carboxylic acid groups (broad SMARTS) is 2. The Labute approximate surface area is 325 Å². The predicted molar refractivity (Wildman–Crippen MR) is 212 cm³/mol. The summed E-state index contributed by atoms with van der Waals surface area (Å²) in [6.07, 6.45) is 46.7. The van der Waals surface area contributed by atoms with Crippen LogP contribution in [0.5, 0.6) is 0 Å². The van der Waals surface area contributed by atoms with Crippen molar-refractivity contribution in [2.45, 2.75) is 232 Å². The van der Waals surface area contributed by atoms with Crippen LogP contribution in [0.2, 0.25) is 0 Å². The summed E-state index contributed by atoms with van der Waals surface area (Å²) in [6.45, 7) is 4.52. The first-order valence-electron chi connectivity index (χ1n) is 21.1. The van der Waals surface area contributed by atoms with Gasteiger partial charge in [0.2, 0.25) is 0 Å². The average Bonchev–Trinajstić information content (AvgIpc) is 3.07. The van der Waals surface area contributed by atoms with Crippen molar-refractivity contribution in [1.82, 2.24) is 0 Å². The molecule has 0 unspecified atom stereocenters. The second-order valence-electron chi connectivity index (χ2n) is 14.3. The van der Waals surface area contributed by atoms with Gasteiger partial charge in [-0.2, -0.15) is 0 Å². The number of carboxylic acids is 2. The summed E-state index contributed by atoms with van der Waals surface area (Å²) in [5.41, 5.74) is 0. The number of rotatable bonds is 38. The Hall–Kier alpha value is -1.71. The maximum absolute atomic E-state index is 11.2. The van der Waals surface area contributed by atoms with Gasteiger partial charge < -0.3 is 19.8 Å². The Bertz CT molecular complexity index is 769. The number of hydrogen-bond acceptors (Lipinski definition) is 6. The fraction of sp³-hybridized carbons (Fsp3) is 0.818. The van der Waals surface area contributed by atoms with Crippen molar-refractivity contribution in [3.8, 4) is 0 Å².